The number of rotatable bonds is 25. The SMILES string of the molecule is CC(C)C[C@H](N)C(=O)N[C@H](C(=O)N1CCC[C@H]1C(=O)N[C@@H](CCCN=C(N)N)C(=O)NCC(=O)N1CCC[C@H]1C(=O)N[C@@H](CCCN=C(N)N)C(=O)N[C@H](C(=O)O)C(C)C)C(C)C. The van der Waals surface area contributed by atoms with Crippen LogP contribution in [0.4, 0.5) is 0 Å². The van der Waals surface area contributed by atoms with E-state index in [4.69, 9.17) is 28.7 Å². The minimum Gasteiger partial charge on any atom is -0.480 e. The Balaban J connectivity index is 2.20. The Morgan fingerprint density at radius 2 is 1.11 bits per heavy atom. The van der Waals surface area contributed by atoms with Crippen molar-refractivity contribution >= 4 is 59.2 Å². The second-order valence-corrected chi connectivity index (χ2v) is 17.2. The number of carbonyl (C=O) groups is 8. The summed E-state index contributed by atoms with van der Waals surface area (Å²) in [6, 6.07) is -7.29. The Kier molecular flexibility index (Phi) is 22.1. The molecule has 2 saturated heterocycles. The number of carbonyl (C=O) groups excluding carboxylic acids is 7. The maximum Gasteiger partial charge on any atom is 0.326 e. The highest BCUT2D eigenvalue weighted by molar-refractivity contribution is 5.97. The van der Waals surface area contributed by atoms with Gasteiger partial charge in [-0.3, -0.25) is 43.5 Å². The number of guanidine groups is 2. The maximum atomic E-state index is 13.9. The van der Waals surface area contributed by atoms with E-state index in [-0.39, 0.29) is 82.0 Å². The highest BCUT2D eigenvalue weighted by atomic mass is 16.4. The van der Waals surface area contributed by atoms with E-state index >= 15 is 0 Å². The number of nitrogens with one attached hydrogen (secondary N) is 5. The number of nitrogens with two attached hydrogens (primary N) is 5. The molecular formula is C40H72N14O9. The quantitative estimate of drug-likeness (QED) is 0.0246. The minimum absolute atomic E-state index is 0.0562. The molecule has 356 valence electrons. The first-order valence-corrected chi connectivity index (χ1v) is 21.7. The molecule has 0 radical (unpaired) electrons. The van der Waals surface area contributed by atoms with Crippen LogP contribution in [0.15, 0.2) is 9.98 Å². The standard InChI is InChI=1S/C40H72N14O9/c1-21(2)19-24(41)32(56)51-30(22(3)4)37(61)54-18-10-14-28(54)36(60)49-25(11-7-15-46-39(42)43)33(57)48-20-29(55)53-17-9-13-27(53)35(59)50-26(12-8-16-47-40(44)45)34(58)52-31(23(5)6)38(62)63/h21-28,30-31H,7-20,41H2,1-6H3,(H,48,57)(H,49,60)(H,50,59)(H,51,56)(H,52,58)(H,62,63)(H4,42,43,46)(H4,44,45,47)/t24-,25-,26-,27-,28-,30-,31-/m0/s1. The summed E-state index contributed by atoms with van der Waals surface area (Å²) in [5.41, 5.74) is 27.8. The van der Waals surface area contributed by atoms with Crippen molar-refractivity contribution < 1.29 is 43.5 Å². The van der Waals surface area contributed by atoms with Gasteiger partial charge in [-0.15, -0.1) is 0 Å². The minimum atomic E-state index is -1.25. The number of likely N-dealkylation sites (tertiary alicyclic amines) is 2. The molecule has 7 atom stereocenters. The van der Waals surface area contributed by atoms with Crippen molar-refractivity contribution in [2.24, 2.45) is 56.4 Å². The first kappa shape index (κ1) is 53.4. The van der Waals surface area contributed by atoms with Crippen LogP contribution in [0.25, 0.3) is 0 Å². The Morgan fingerprint density at radius 3 is 1.57 bits per heavy atom. The molecule has 0 aromatic rings. The predicted molar refractivity (Wildman–Crippen MR) is 235 cm³/mol. The fraction of sp³-hybridized carbons (Fsp3) is 0.750. The summed E-state index contributed by atoms with van der Waals surface area (Å²) in [5, 5.41) is 22.8. The summed E-state index contributed by atoms with van der Waals surface area (Å²) >= 11 is 0. The van der Waals surface area contributed by atoms with Crippen molar-refractivity contribution in [3.8, 4) is 0 Å². The van der Waals surface area contributed by atoms with E-state index in [0.29, 0.717) is 25.7 Å². The number of hydrogen-bond donors (Lipinski definition) is 11. The third-order valence-electron chi connectivity index (χ3n) is 10.8. The second-order valence-electron chi connectivity index (χ2n) is 17.2. The summed E-state index contributed by atoms with van der Waals surface area (Å²) in [6.07, 6.45) is 2.56. The lowest BCUT2D eigenvalue weighted by Crippen LogP contribution is -2.59. The Morgan fingerprint density at radius 1 is 0.651 bits per heavy atom. The molecule has 16 N–H and O–H groups in total. The molecule has 2 aliphatic rings. The Bertz CT molecular complexity index is 1660. The van der Waals surface area contributed by atoms with Crippen LogP contribution < -0.4 is 55.3 Å². The van der Waals surface area contributed by atoms with Gasteiger partial charge < -0.3 is 70.2 Å². The van der Waals surface area contributed by atoms with Gasteiger partial charge in [0, 0.05) is 26.2 Å². The van der Waals surface area contributed by atoms with Crippen LogP contribution in [-0.2, 0) is 38.4 Å². The second kappa shape index (κ2) is 26.0. The lowest BCUT2D eigenvalue weighted by molar-refractivity contribution is -0.144. The average molecular weight is 893 g/mol. The number of carboxylic acids is 1. The van der Waals surface area contributed by atoms with Crippen molar-refractivity contribution in [3.05, 3.63) is 0 Å². The molecule has 0 aromatic carbocycles. The number of carboxylic acid groups (broad SMARTS) is 1. The maximum absolute atomic E-state index is 13.9. The highest BCUT2D eigenvalue weighted by Gasteiger charge is 2.41. The Labute approximate surface area is 369 Å². The molecule has 0 unspecified atom stereocenters. The smallest absolute Gasteiger partial charge is 0.326 e. The van der Waals surface area contributed by atoms with E-state index in [0.717, 1.165) is 0 Å². The van der Waals surface area contributed by atoms with Gasteiger partial charge in [0.25, 0.3) is 0 Å². The third kappa shape index (κ3) is 17.5. The predicted octanol–water partition coefficient (Wildman–Crippen LogP) is -3.10. The lowest BCUT2D eigenvalue weighted by Gasteiger charge is -2.32. The molecule has 2 rings (SSSR count). The molecule has 0 spiro atoms. The van der Waals surface area contributed by atoms with Gasteiger partial charge in [0.2, 0.25) is 41.4 Å². The van der Waals surface area contributed by atoms with Crippen LogP contribution in [0.2, 0.25) is 0 Å². The zero-order valence-corrected chi connectivity index (χ0v) is 37.6. The van der Waals surface area contributed by atoms with Gasteiger partial charge in [-0.25, -0.2) is 4.79 Å². The zero-order chi connectivity index (χ0) is 47.6. The fourth-order valence-electron chi connectivity index (χ4n) is 7.44. The van der Waals surface area contributed by atoms with Gasteiger partial charge in [-0.05, 0) is 75.5 Å². The van der Waals surface area contributed by atoms with Crippen molar-refractivity contribution in [1.82, 2.24) is 36.4 Å². The monoisotopic (exact) mass is 893 g/mol. The van der Waals surface area contributed by atoms with Crippen molar-refractivity contribution in [2.45, 2.75) is 142 Å². The number of aliphatic carboxylic acids is 1. The molecule has 0 bridgehead atoms. The van der Waals surface area contributed by atoms with Gasteiger partial charge in [-0.1, -0.05) is 41.5 Å². The number of nitrogens with zero attached hydrogens (tertiary/aromatic N) is 4. The zero-order valence-electron chi connectivity index (χ0n) is 37.6. The van der Waals surface area contributed by atoms with Gasteiger partial charge in [0.15, 0.2) is 11.9 Å². The normalized spacial score (nSPS) is 18.4. The lowest BCUT2D eigenvalue weighted by atomic mass is 9.99. The number of hydrogen-bond acceptors (Lipinski definition) is 11. The molecule has 0 saturated carbocycles. The number of aliphatic imine (C=N–C) groups is 2. The van der Waals surface area contributed by atoms with Crippen LogP contribution in [0, 0.1) is 17.8 Å². The summed E-state index contributed by atoms with van der Waals surface area (Å²) in [4.78, 5) is 117. The first-order chi connectivity index (χ1) is 29.5. The van der Waals surface area contributed by atoms with Crippen LogP contribution in [0.3, 0.4) is 0 Å². The molecular weight excluding hydrogens is 821 g/mol. The summed E-state index contributed by atoms with van der Waals surface area (Å²) < 4.78 is 0. The number of amides is 7. The summed E-state index contributed by atoms with van der Waals surface area (Å²) in [5.74, 6) is -6.41. The molecule has 7 amide bonds. The van der Waals surface area contributed by atoms with Crippen molar-refractivity contribution in [1.29, 1.82) is 0 Å². The largest absolute Gasteiger partial charge is 0.480 e. The third-order valence-corrected chi connectivity index (χ3v) is 10.8. The van der Waals surface area contributed by atoms with E-state index in [1.165, 1.54) is 9.80 Å². The molecule has 0 aromatic heterocycles. The topological polar surface area (TPSA) is 378 Å². The van der Waals surface area contributed by atoms with E-state index < -0.39 is 102 Å². The van der Waals surface area contributed by atoms with Crippen LogP contribution in [-0.4, -0.2) is 149 Å². The fourth-order valence-corrected chi connectivity index (χ4v) is 7.44. The molecule has 2 fully saturated rings. The van der Waals surface area contributed by atoms with Gasteiger partial charge in [0.05, 0.1) is 12.6 Å². The van der Waals surface area contributed by atoms with Gasteiger partial charge in [0.1, 0.15) is 36.3 Å². The van der Waals surface area contributed by atoms with E-state index in [2.05, 4.69) is 36.6 Å². The molecule has 2 aliphatic heterocycles. The molecule has 23 nitrogen and oxygen atoms in total. The average Bonchev–Trinajstić information content (AvgIpc) is 3.90. The van der Waals surface area contributed by atoms with E-state index in [1.54, 1.807) is 27.7 Å². The van der Waals surface area contributed by atoms with Crippen molar-refractivity contribution in [2.75, 3.05) is 32.7 Å². The van der Waals surface area contributed by atoms with Crippen LogP contribution in [0.5, 0.6) is 0 Å². The first-order valence-electron chi connectivity index (χ1n) is 21.7. The van der Waals surface area contributed by atoms with Gasteiger partial charge in [-0.2, -0.15) is 0 Å². The van der Waals surface area contributed by atoms with Crippen molar-refractivity contribution in [3.63, 3.8) is 0 Å². The van der Waals surface area contributed by atoms with E-state index in [1.807, 2.05) is 13.8 Å². The molecule has 63 heavy (non-hydrogen) atoms. The molecule has 23 heteroatoms. The van der Waals surface area contributed by atoms with Crippen LogP contribution in [0.1, 0.15) is 99.3 Å². The summed E-state index contributed by atoms with van der Waals surface area (Å²) in [7, 11) is 0. The summed E-state index contributed by atoms with van der Waals surface area (Å²) in [6.45, 7) is 10.8. The molecule has 2 heterocycles. The van der Waals surface area contributed by atoms with Gasteiger partial charge >= 0.3 is 5.97 Å². The van der Waals surface area contributed by atoms with E-state index in [9.17, 15) is 43.5 Å². The molecule has 0 aliphatic carbocycles. The van der Waals surface area contributed by atoms with Crippen LogP contribution >= 0.6 is 0 Å². The Hall–Kier alpha value is -5.74. The highest BCUT2D eigenvalue weighted by Crippen LogP contribution is 2.22.